The molecule has 1 aromatic heterocycles. The van der Waals surface area contributed by atoms with Gasteiger partial charge in [0, 0.05) is 23.0 Å². The SMILES string of the molecule is CCSC[C@@H]1COC(c2cccn2Cc2ccccc2Br)=N1. The lowest BCUT2D eigenvalue weighted by Gasteiger charge is -2.10. The average Bonchev–Trinajstić information content (AvgIpc) is 3.16. The zero-order valence-electron chi connectivity index (χ0n) is 12.5. The summed E-state index contributed by atoms with van der Waals surface area (Å²) in [6.07, 6.45) is 2.08. The smallest absolute Gasteiger partial charge is 0.233 e. The number of thioether (sulfide) groups is 1. The Kier molecular flexibility index (Phi) is 5.26. The first-order valence-corrected chi connectivity index (χ1v) is 9.40. The number of benzene rings is 1. The molecule has 1 aliphatic rings. The minimum Gasteiger partial charge on any atom is -0.474 e. The van der Waals surface area contributed by atoms with Crippen molar-refractivity contribution in [3.63, 3.8) is 0 Å². The van der Waals surface area contributed by atoms with Gasteiger partial charge in [0.15, 0.2) is 0 Å². The molecule has 0 saturated heterocycles. The summed E-state index contributed by atoms with van der Waals surface area (Å²) in [5, 5.41) is 0. The molecule has 0 fully saturated rings. The first-order valence-electron chi connectivity index (χ1n) is 7.45. The monoisotopic (exact) mass is 378 g/mol. The molecule has 0 N–H and O–H groups in total. The molecule has 1 aromatic carbocycles. The lowest BCUT2D eigenvalue weighted by molar-refractivity contribution is 0.323. The van der Waals surface area contributed by atoms with E-state index in [1.807, 2.05) is 23.9 Å². The number of halogens is 1. The zero-order valence-corrected chi connectivity index (χ0v) is 14.9. The number of aliphatic imine (C=N–C) groups is 1. The van der Waals surface area contributed by atoms with Crippen LogP contribution in [0.2, 0.25) is 0 Å². The second-order valence-corrected chi connectivity index (χ2v) is 7.34. The molecule has 1 atom stereocenters. The van der Waals surface area contributed by atoms with Gasteiger partial charge in [0.05, 0.1) is 6.04 Å². The van der Waals surface area contributed by atoms with Gasteiger partial charge in [-0.05, 0) is 29.5 Å². The number of aromatic nitrogens is 1. The molecule has 0 amide bonds. The molecule has 22 heavy (non-hydrogen) atoms. The Morgan fingerprint density at radius 3 is 3.00 bits per heavy atom. The van der Waals surface area contributed by atoms with Crippen LogP contribution in [-0.4, -0.2) is 34.6 Å². The fourth-order valence-electron chi connectivity index (χ4n) is 2.45. The second kappa shape index (κ2) is 7.38. The van der Waals surface area contributed by atoms with Crippen LogP contribution in [0.3, 0.4) is 0 Å². The van der Waals surface area contributed by atoms with E-state index in [-0.39, 0.29) is 6.04 Å². The topological polar surface area (TPSA) is 26.5 Å². The van der Waals surface area contributed by atoms with Crippen molar-refractivity contribution in [1.29, 1.82) is 0 Å². The van der Waals surface area contributed by atoms with E-state index in [0.29, 0.717) is 6.61 Å². The van der Waals surface area contributed by atoms with Crippen molar-refractivity contribution < 1.29 is 4.74 Å². The van der Waals surface area contributed by atoms with Gasteiger partial charge in [0.1, 0.15) is 12.3 Å². The number of hydrogen-bond donors (Lipinski definition) is 0. The largest absolute Gasteiger partial charge is 0.474 e. The predicted molar refractivity (Wildman–Crippen MR) is 97.0 cm³/mol. The summed E-state index contributed by atoms with van der Waals surface area (Å²) in [6, 6.07) is 12.7. The lowest BCUT2D eigenvalue weighted by Crippen LogP contribution is -2.11. The van der Waals surface area contributed by atoms with Crippen molar-refractivity contribution in [2.45, 2.75) is 19.5 Å². The molecule has 0 aliphatic carbocycles. The van der Waals surface area contributed by atoms with Gasteiger partial charge in [0.25, 0.3) is 0 Å². The number of nitrogens with zero attached hydrogens (tertiary/aromatic N) is 2. The van der Waals surface area contributed by atoms with Gasteiger partial charge < -0.3 is 9.30 Å². The van der Waals surface area contributed by atoms with Crippen LogP contribution in [-0.2, 0) is 11.3 Å². The quantitative estimate of drug-likeness (QED) is 0.752. The highest BCUT2D eigenvalue weighted by molar-refractivity contribution is 9.10. The fourth-order valence-corrected chi connectivity index (χ4v) is 3.54. The summed E-state index contributed by atoms with van der Waals surface area (Å²) >= 11 is 5.52. The third kappa shape index (κ3) is 3.58. The lowest BCUT2D eigenvalue weighted by atomic mass is 10.2. The maximum absolute atomic E-state index is 5.82. The highest BCUT2D eigenvalue weighted by atomic mass is 79.9. The van der Waals surface area contributed by atoms with Crippen LogP contribution in [0, 0.1) is 0 Å². The maximum Gasteiger partial charge on any atom is 0.233 e. The van der Waals surface area contributed by atoms with Crippen molar-refractivity contribution >= 4 is 33.6 Å². The first kappa shape index (κ1) is 15.7. The molecule has 2 heterocycles. The van der Waals surface area contributed by atoms with E-state index in [4.69, 9.17) is 9.73 Å². The molecule has 0 radical (unpaired) electrons. The standard InChI is InChI=1S/C17H19BrN2OS/c1-2-22-12-14-11-21-17(19-14)16-8-5-9-20(16)10-13-6-3-4-7-15(13)18/h3-9,14H,2,10-12H2,1H3/t14-/m0/s1. The molecule has 0 saturated carbocycles. The van der Waals surface area contributed by atoms with Gasteiger partial charge in [0.2, 0.25) is 5.90 Å². The molecule has 116 valence electrons. The van der Waals surface area contributed by atoms with E-state index in [1.165, 1.54) is 5.56 Å². The van der Waals surface area contributed by atoms with E-state index in [1.54, 1.807) is 0 Å². The van der Waals surface area contributed by atoms with E-state index < -0.39 is 0 Å². The number of rotatable bonds is 6. The Bertz CT molecular complexity index is 668. The summed E-state index contributed by atoms with van der Waals surface area (Å²) in [5.41, 5.74) is 2.30. The van der Waals surface area contributed by atoms with Crippen LogP contribution in [0.4, 0.5) is 0 Å². The number of ether oxygens (including phenoxy) is 1. The molecular formula is C17H19BrN2OS. The van der Waals surface area contributed by atoms with E-state index in [9.17, 15) is 0 Å². The Morgan fingerprint density at radius 2 is 2.18 bits per heavy atom. The van der Waals surface area contributed by atoms with Crippen LogP contribution >= 0.6 is 27.7 Å². The summed E-state index contributed by atoms with van der Waals surface area (Å²) in [5.74, 6) is 2.93. The third-order valence-corrected chi connectivity index (χ3v) is 5.38. The van der Waals surface area contributed by atoms with Crippen LogP contribution in [0.15, 0.2) is 52.1 Å². The van der Waals surface area contributed by atoms with Gasteiger partial charge in [-0.25, -0.2) is 4.99 Å². The Labute approximate surface area is 143 Å². The molecule has 2 aromatic rings. The normalized spacial score (nSPS) is 17.4. The molecular weight excluding hydrogens is 360 g/mol. The first-order chi connectivity index (χ1) is 10.8. The fraction of sp³-hybridized carbons (Fsp3) is 0.353. The van der Waals surface area contributed by atoms with Gasteiger partial charge in [-0.1, -0.05) is 41.1 Å². The Morgan fingerprint density at radius 1 is 1.32 bits per heavy atom. The minimum atomic E-state index is 0.284. The predicted octanol–water partition coefficient (Wildman–Crippen LogP) is 4.20. The van der Waals surface area contributed by atoms with E-state index in [2.05, 4.69) is 57.9 Å². The molecule has 0 bridgehead atoms. The van der Waals surface area contributed by atoms with Crippen molar-refractivity contribution in [3.8, 4) is 0 Å². The minimum absolute atomic E-state index is 0.284. The third-order valence-electron chi connectivity index (χ3n) is 3.57. The van der Waals surface area contributed by atoms with Gasteiger partial charge in [-0.15, -0.1) is 0 Å². The number of hydrogen-bond acceptors (Lipinski definition) is 3. The zero-order chi connectivity index (χ0) is 15.4. The van der Waals surface area contributed by atoms with Crippen LogP contribution < -0.4 is 0 Å². The van der Waals surface area contributed by atoms with Crippen molar-refractivity contribution in [2.75, 3.05) is 18.1 Å². The highest BCUT2D eigenvalue weighted by Crippen LogP contribution is 2.20. The summed E-state index contributed by atoms with van der Waals surface area (Å²) in [7, 11) is 0. The second-order valence-electron chi connectivity index (χ2n) is 5.17. The molecule has 0 unspecified atom stereocenters. The summed E-state index contributed by atoms with van der Waals surface area (Å²) in [4.78, 5) is 4.73. The molecule has 0 spiro atoms. The van der Waals surface area contributed by atoms with Crippen LogP contribution in [0.1, 0.15) is 18.2 Å². The van der Waals surface area contributed by atoms with Crippen LogP contribution in [0.25, 0.3) is 0 Å². The van der Waals surface area contributed by atoms with E-state index >= 15 is 0 Å². The average molecular weight is 379 g/mol. The van der Waals surface area contributed by atoms with Gasteiger partial charge in [-0.2, -0.15) is 11.8 Å². The Balaban J connectivity index is 1.77. The maximum atomic E-state index is 5.82. The van der Waals surface area contributed by atoms with E-state index in [0.717, 1.165) is 34.1 Å². The highest BCUT2D eigenvalue weighted by Gasteiger charge is 2.22. The molecule has 1 aliphatic heterocycles. The van der Waals surface area contributed by atoms with Crippen molar-refractivity contribution in [3.05, 3.63) is 58.3 Å². The van der Waals surface area contributed by atoms with Crippen LogP contribution in [0.5, 0.6) is 0 Å². The van der Waals surface area contributed by atoms with Crippen molar-refractivity contribution in [1.82, 2.24) is 4.57 Å². The summed E-state index contributed by atoms with van der Waals surface area (Å²) < 4.78 is 9.13. The molecule has 3 rings (SSSR count). The van der Waals surface area contributed by atoms with Gasteiger partial charge in [-0.3, -0.25) is 0 Å². The summed E-state index contributed by atoms with van der Waals surface area (Å²) in [6.45, 7) is 3.68. The Hall–Kier alpha value is -1.20. The molecule has 3 nitrogen and oxygen atoms in total. The van der Waals surface area contributed by atoms with Gasteiger partial charge >= 0.3 is 0 Å². The van der Waals surface area contributed by atoms with Crippen molar-refractivity contribution in [2.24, 2.45) is 4.99 Å². The molecule has 5 heteroatoms.